The summed E-state index contributed by atoms with van der Waals surface area (Å²) in [6.07, 6.45) is 0. The van der Waals surface area contributed by atoms with E-state index in [1.807, 2.05) is 0 Å². The number of hydrogen-bond acceptors (Lipinski definition) is 7. The molecule has 0 atom stereocenters. The third-order valence-electron chi connectivity index (χ3n) is 3.96. The smallest absolute Gasteiger partial charge is 0.292 e. The van der Waals surface area contributed by atoms with Gasteiger partial charge in [0.25, 0.3) is 17.1 Å². The molecular weight excluding hydrogens is 368 g/mol. The second kappa shape index (κ2) is 7.50. The Morgan fingerprint density at radius 3 is 1.00 bits per heavy atom. The second-order valence-electron chi connectivity index (χ2n) is 5.57. The van der Waals surface area contributed by atoms with E-state index in [1.165, 1.54) is 72.8 Å². The Morgan fingerprint density at radius 1 is 0.500 bits per heavy atom. The fourth-order valence-electron chi connectivity index (χ4n) is 2.81. The molecular formula is C18H12N4O6. The fraction of sp³-hybridized carbons (Fsp3) is 0. The van der Waals surface area contributed by atoms with Gasteiger partial charge in [-0.05, 0) is 18.2 Å². The van der Waals surface area contributed by atoms with E-state index in [0.29, 0.717) is 0 Å². The van der Waals surface area contributed by atoms with Crippen LogP contribution < -0.4 is 4.90 Å². The van der Waals surface area contributed by atoms with Crippen molar-refractivity contribution in [3.63, 3.8) is 0 Å². The molecule has 10 heteroatoms. The SMILES string of the molecule is O=[N+]([O-])c1ccccc1N(c1ccccc1[N+](=O)[O-])c1ccccc1[N+](=O)[O-]. The third-order valence-corrected chi connectivity index (χ3v) is 3.96. The standard InChI is InChI=1S/C18H12N4O6/c23-20(24)16-10-4-1-7-13(16)19(14-8-2-5-11-17(14)21(25)26)15-9-3-6-12-18(15)22(27)28/h1-12H. The van der Waals surface area contributed by atoms with Crippen molar-refractivity contribution >= 4 is 34.1 Å². The van der Waals surface area contributed by atoms with Crippen molar-refractivity contribution in [1.29, 1.82) is 0 Å². The zero-order valence-corrected chi connectivity index (χ0v) is 14.2. The first-order valence-corrected chi connectivity index (χ1v) is 7.92. The Bertz CT molecular complexity index is 948. The number of nitrogens with zero attached hydrogens (tertiary/aromatic N) is 4. The van der Waals surface area contributed by atoms with Gasteiger partial charge in [-0.1, -0.05) is 36.4 Å². The van der Waals surface area contributed by atoms with E-state index in [2.05, 4.69) is 0 Å². The van der Waals surface area contributed by atoms with Crippen molar-refractivity contribution in [3.8, 4) is 0 Å². The average molecular weight is 380 g/mol. The molecule has 0 fully saturated rings. The molecule has 0 heterocycles. The number of nitro benzene ring substituents is 3. The maximum Gasteiger partial charge on any atom is 0.293 e. The van der Waals surface area contributed by atoms with E-state index in [1.54, 1.807) is 0 Å². The van der Waals surface area contributed by atoms with Gasteiger partial charge in [-0.25, -0.2) is 0 Å². The summed E-state index contributed by atoms with van der Waals surface area (Å²) in [6, 6.07) is 16.7. The van der Waals surface area contributed by atoms with E-state index in [-0.39, 0.29) is 34.1 Å². The van der Waals surface area contributed by atoms with Gasteiger partial charge < -0.3 is 0 Å². The first-order valence-electron chi connectivity index (χ1n) is 7.92. The van der Waals surface area contributed by atoms with E-state index in [9.17, 15) is 30.3 Å². The molecule has 140 valence electrons. The summed E-state index contributed by atoms with van der Waals surface area (Å²) in [5.41, 5.74) is -1.14. The molecule has 0 saturated heterocycles. The van der Waals surface area contributed by atoms with Crippen LogP contribution in [0.3, 0.4) is 0 Å². The zero-order chi connectivity index (χ0) is 20.3. The van der Waals surface area contributed by atoms with Gasteiger partial charge in [0.2, 0.25) is 0 Å². The Hall–Kier alpha value is -4.34. The van der Waals surface area contributed by atoms with Gasteiger partial charge in [-0.2, -0.15) is 0 Å². The van der Waals surface area contributed by atoms with Crippen LogP contribution in [0.4, 0.5) is 34.1 Å². The van der Waals surface area contributed by atoms with Crippen LogP contribution >= 0.6 is 0 Å². The highest BCUT2D eigenvalue weighted by molar-refractivity contribution is 5.89. The second-order valence-corrected chi connectivity index (χ2v) is 5.57. The van der Waals surface area contributed by atoms with E-state index in [4.69, 9.17) is 0 Å². The number of nitro groups is 3. The summed E-state index contributed by atoms with van der Waals surface area (Å²) < 4.78 is 0. The van der Waals surface area contributed by atoms with Gasteiger partial charge in [0.1, 0.15) is 17.1 Å². The zero-order valence-electron chi connectivity index (χ0n) is 14.2. The predicted molar refractivity (Wildman–Crippen MR) is 101 cm³/mol. The maximum absolute atomic E-state index is 11.5. The lowest BCUT2D eigenvalue weighted by atomic mass is 10.1. The minimum atomic E-state index is -0.647. The van der Waals surface area contributed by atoms with Crippen molar-refractivity contribution in [1.82, 2.24) is 0 Å². The van der Waals surface area contributed by atoms with Crippen LogP contribution in [-0.4, -0.2) is 14.8 Å². The van der Waals surface area contributed by atoms with Crippen LogP contribution in [0.1, 0.15) is 0 Å². The van der Waals surface area contributed by atoms with Gasteiger partial charge in [0.15, 0.2) is 0 Å². The molecule has 0 radical (unpaired) electrons. The predicted octanol–water partition coefficient (Wildman–Crippen LogP) is 4.88. The third kappa shape index (κ3) is 3.33. The molecule has 0 aliphatic rings. The van der Waals surface area contributed by atoms with Gasteiger partial charge in [-0.15, -0.1) is 0 Å². The monoisotopic (exact) mass is 380 g/mol. The van der Waals surface area contributed by atoms with Crippen molar-refractivity contribution in [2.45, 2.75) is 0 Å². The Labute approximate surface area is 157 Å². The molecule has 0 spiro atoms. The highest BCUT2D eigenvalue weighted by Gasteiger charge is 2.31. The Balaban J connectivity index is 2.40. The Morgan fingerprint density at radius 2 is 0.750 bits per heavy atom. The molecule has 3 rings (SSSR count). The summed E-state index contributed by atoms with van der Waals surface area (Å²) in [6.45, 7) is 0. The molecule has 0 aliphatic heterocycles. The quantitative estimate of drug-likeness (QED) is 0.439. The van der Waals surface area contributed by atoms with Crippen molar-refractivity contribution < 1.29 is 14.8 Å². The summed E-state index contributed by atoms with van der Waals surface area (Å²) in [5, 5.41) is 34.6. The molecule has 3 aromatic carbocycles. The van der Waals surface area contributed by atoms with Crippen molar-refractivity contribution in [3.05, 3.63) is 103 Å². The van der Waals surface area contributed by atoms with Crippen LogP contribution in [-0.2, 0) is 0 Å². The highest BCUT2D eigenvalue weighted by atomic mass is 16.6. The molecule has 0 N–H and O–H groups in total. The maximum atomic E-state index is 11.5. The van der Waals surface area contributed by atoms with Crippen LogP contribution in [0.2, 0.25) is 0 Å². The average Bonchev–Trinajstić information content (AvgIpc) is 2.69. The largest absolute Gasteiger partial charge is 0.293 e. The topological polar surface area (TPSA) is 133 Å². The molecule has 0 aliphatic carbocycles. The number of para-hydroxylation sites is 6. The lowest BCUT2D eigenvalue weighted by molar-refractivity contribution is -0.385. The summed E-state index contributed by atoms with van der Waals surface area (Å²) in [5.74, 6) is 0. The van der Waals surface area contributed by atoms with Crippen LogP contribution in [0.25, 0.3) is 0 Å². The van der Waals surface area contributed by atoms with E-state index >= 15 is 0 Å². The number of benzene rings is 3. The normalized spacial score (nSPS) is 10.3. The van der Waals surface area contributed by atoms with Gasteiger partial charge in [-0.3, -0.25) is 35.2 Å². The molecule has 3 aromatic rings. The van der Waals surface area contributed by atoms with E-state index < -0.39 is 14.8 Å². The number of anilines is 3. The van der Waals surface area contributed by atoms with E-state index in [0.717, 1.165) is 4.90 Å². The first-order chi connectivity index (χ1) is 13.4. The number of hydrogen-bond donors (Lipinski definition) is 0. The molecule has 10 nitrogen and oxygen atoms in total. The van der Waals surface area contributed by atoms with Gasteiger partial charge in [0.05, 0.1) is 14.8 Å². The minimum absolute atomic E-state index is 0.0314. The van der Waals surface area contributed by atoms with Crippen molar-refractivity contribution in [2.24, 2.45) is 0 Å². The molecule has 28 heavy (non-hydrogen) atoms. The minimum Gasteiger partial charge on any atom is -0.292 e. The summed E-state index contributed by atoms with van der Waals surface area (Å²) >= 11 is 0. The lowest BCUT2D eigenvalue weighted by Gasteiger charge is -2.24. The van der Waals surface area contributed by atoms with Gasteiger partial charge in [0, 0.05) is 18.2 Å². The van der Waals surface area contributed by atoms with Crippen LogP contribution in [0, 0.1) is 30.3 Å². The van der Waals surface area contributed by atoms with Gasteiger partial charge >= 0.3 is 0 Å². The molecule has 0 bridgehead atoms. The highest BCUT2D eigenvalue weighted by Crippen LogP contribution is 2.46. The summed E-state index contributed by atoms with van der Waals surface area (Å²) in [4.78, 5) is 33.8. The van der Waals surface area contributed by atoms with Crippen LogP contribution in [0.15, 0.2) is 72.8 Å². The molecule has 0 amide bonds. The van der Waals surface area contributed by atoms with Crippen molar-refractivity contribution in [2.75, 3.05) is 4.90 Å². The molecule has 0 aromatic heterocycles. The Kier molecular flexibility index (Phi) is 4.94. The number of rotatable bonds is 6. The first kappa shape index (κ1) is 18.5. The lowest BCUT2D eigenvalue weighted by Crippen LogP contribution is -2.15. The summed E-state index contributed by atoms with van der Waals surface area (Å²) in [7, 11) is 0. The molecule has 0 unspecified atom stereocenters. The van der Waals surface area contributed by atoms with Crippen LogP contribution in [0.5, 0.6) is 0 Å². The molecule has 0 saturated carbocycles. The fourth-order valence-corrected chi connectivity index (χ4v) is 2.81.